The van der Waals surface area contributed by atoms with Gasteiger partial charge in [-0.05, 0) is 68.8 Å². The Morgan fingerprint density at radius 3 is 2.46 bits per heavy atom. The number of fused-ring (bicyclic) bond motifs is 1. The second kappa shape index (κ2) is 14.5. The average Bonchev–Trinajstić information content (AvgIpc) is 3.34. The Balaban J connectivity index is 1.58. The number of hydrogen-bond acceptors (Lipinski definition) is 9. The lowest BCUT2D eigenvalue weighted by atomic mass is 9.95. The first-order chi connectivity index (χ1) is 22.2. The molecular formula is C34H32Cl2N2O7S. The zero-order valence-corrected chi connectivity index (χ0v) is 28.2. The molecule has 240 valence electrons. The molecule has 12 heteroatoms. The Labute approximate surface area is 279 Å². The molecule has 46 heavy (non-hydrogen) atoms. The smallest absolute Gasteiger partial charge is 0.338 e. The summed E-state index contributed by atoms with van der Waals surface area (Å²) in [4.78, 5) is 32.5. The van der Waals surface area contributed by atoms with Crippen molar-refractivity contribution in [2.75, 3.05) is 27.4 Å². The fourth-order valence-electron chi connectivity index (χ4n) is 5.08. The van der Waals surface area contributed by atoms with Gasteiger partial charge in [0.15, 0.2) is 16.3 Å². The molecule has 0 unspecified atom stereocenters. The van der Waals surface area contributed by atoms with Gasteiger partial charge in [-0.2, -0.15) is 0 Å². The van der Waals surface area contributed by atoms with E-state index in [1.54, 1.807) is 69.5 Å². The number of methoxy groups -OCH3 is 2. The number of nitrogens with zero attached hydrogens (tertiary/aromatic N) is 2. The van der Waals surface area contributed by atoms with Crippen LogP contribution in [0.3, 0.4) is 0 Å². The molecule has 0 bridgehead atoms. The standard InChI is InChI=1S/C34H32Cl2N2O7S/c1-6-43-28-14-20(8-13-26(28)45-18-21-9-10-22(35)16-25(21)36)15-29-32(39)38-31(24-12-11-23(41-4)17-27(24)42-5)30(33(40)44-7-2)19(3)37-34(38)46-29/h8-17,31H,6-7,18H2,1-5H3/b29-15-/t31-/m0/s1. The number of hydrogen-bond donors (Lipinski definition) is 0. The van der Waals surface area contributed by atoms with Crippen molar-refractivity contribution < 1.29 is 28.5 Å². The molecule has 0 saturated heterocycles. The minimum absolute atomic E-state index is 0.168. The van der Waals surface area contributed by atoms with Gasteiger partial charge in [-0.3, -0.25) is 9.36 Å². The summed E-state index contributed by atoms with van der Waals surface area (Å²) in [6.07, 6.45) is 1.76. The molecule has 0 saturated carbocycles. The van der Waals surface area contributed by atoms with Crippen LogP contribution < -0.4 is 33.8 Å². The van der Waals surface area contributed by atoms with E-state index in [0.29, 0.717) is 65.8 Å². The fraction of sp³-hybridized carbons (Fsp3) is 0.265. The number of esters is 1. The Bertz CT molecular complexity index is 2000. The number of carbonyl (C=O) groups is 1. The summed E-state index contributed by atoms with van der Waals surface area (Å²) < 4.78 is 30.3. The molecule has 0 fully saturated rings. The first-order valence-electron chi connectivity index (χ1n) is 14.4. The maximum absolute atomic E-state index is 14.1. The zero-order valence-electron chi connectivity index (χ0n) is 25.9. The van der Waals surface area contributed by atoms with Crippen LogP contribution in [0.15, 0.2) is 75.7 Å². The maximum Gasteiger partial charge on any atom is 0.338 e. The molecule has 0 radical (unpaired) electrons. The lowest BCUT2D eigenvalue weighted by molar-refractivity contribution is -0.139. The van der Waals surface area contributed by atoms with Gasteiger partial charge in [0.25, 0.3) is 5.56 Å². The van der Waals surface area contributed by atoms with E-state index in [1.807, 2.05) is 19.1 Å². The summed E-state index contributed by atoms with van der Waals surface area (Å²) in [6, 6.07) is 15.1. The summed E-state index contributed by atoms with van der Waals surface area (Å²) >= 11 is 13.6. The number of halogens is 2. The zero-order chi connectivity index (χ0) is 33.0. The van der Waals surface area contributed by atoms with E-state index in [2.05, 4.69) is 4.99 Å². The number of thiazole rings is 1. The minimum atomic E-state index is -0.840. The van der Waals surface area contributed by atoms with Crippen molar-refractivity contribution in [3.05, 3.63) is 112 Å². The highest BCUT2D eigenvalue weighted by molar-refractivity contribution is 7.07. The molecule has 0 aliphatic carbocycles. The van der Waals surface area contributed by atoms with E-state index in [9.17, 15) is 9.59 Å². The quantitative estimate of drug-likeness (QED) is 0.176. The number of ether oxygens (including phenoxy) is 5. The summed E-state index contributed by atoms with van der Waals surface area (Å²) in [5, 5.41) is 1.05. The van der Waals surface area contributed by atoms with Crippen LogP contribution in [0.2, 0.25) is 10.0 Å². The van der Waals surface area contributed by atoms with Crippen LogP contribution in [-0.4, -0.2) is 38.0 Å². The number of rotatable bonds is 11. The summed E-state index contributed by atoms with van der Waals surface area (Å²) in [7, 11) is 3.08. The predicted molar refractivity (Wildman–Crippen MR) is 178 cm³/mol. The van der Waals surface area contributed by atoms with Gasteiger partial charge < -0.3 is 23.7 Å². The normalized spacial score (nSPS) is 14.4. The Morgan fingerprint density at radius 1 is 0.957 bits per heavy atom. The molecule has 0 amide bonds. The minimum Gasteiger partial charge on any atom is -0.497 e. The SMILES string of the molecule is CCOC(=O)C1=C(C)N=c2s/c(=C\c3ccc(OCc4ccc(Cl)cc4Cl)c(OCC)c3)c(=O)n2[C@H]1c1ccc(OC)cc1OC. The van der Waals surface area contributed by atoms with E-state index in [4.69, 9.17) is 46.9 Å². The van der Waals surface area contributed by atoms with Crippen LogP contribution in [0.1, 0.15) is 43.5 Å². The van der Waals surface area contributed by atoms with Crippen molar-refractivity contribution in [3.8, 4) is 23.0 Å². The second-order valence-corrected chi connectivity index (χ2v) is 11.9. The third-order valence-electron chi connectivity index (χ3n) is 7.22. The molecule has 2 heterocycles. The molecule has 1 aliphatic rings. The topological polar surface area (TPSA) is 97.6 Å². The average molecular weight is 684 g/mol. The summed E-state index contributed by atoms with van der Waals surface area (Å²) in [5.74, 6) is 1.49. The van der Waals surface area contributed by atoms with Crippen molar-refractivity contribution in [2.45, 2.75) is 33.4 Å². The van der Waals surface area contributed by atoms with Crippen LogP contribution in [0, 0.1) is 0 Å². The summed E-state index contributed by atoms with van der Waals surface area (Å²) in [5.41, 5.74) is 2.47. The monoisotopic (exact) mass is 682 g/mol. The second-order valence-electron chi connectivity index (χ2n) is 10.1. The number of benzene rings is 3. The van der Waals surface area contributed by atoms with Gasteiger partial charge in [-0.15, -0.1) is 0 Å². The van der Waals surface area contributed by atoms with Gasteiger partial charge in [-0.25, -0.2) is 9.79 Å². The third kappa shape index (κ3) is 6.79. The van der Waals surface area contributed by atoms with Crippen LogP contribution >= 0.6 is 34.5 Å². The first kappa shape index (κ1) is 33.1. The lowest BCUT2D eigenvalue weighted by Gasteiger charge is -2.26. The van der Waals surface area contributed by atoms with Gasteiger partial charge in [0.2, 0.25) is 0 Å². The van der Waals surface area contributed by atoms with E-state index >= 15 is 0 Å². The molecule has 1 atom stereocenters. The Morgan fingerprint density at radius 2 is 1.76 bits per heavy atom. The van der Waals surface area contributed by atoms with Crippen molar-refractivity contribution in [1.29, 1.82) is 0 Å². The number of allylic oxidation sites excluding steroid dienone is 1. The molecule has 5 rings (SSSR count). The summed E-state index contributed by atoms with van der Waals surface area (Å²) in [6.45, 7) is 6.12. The molecule has 3 aromatic carbocycles. The van der Waals surface area contributed by atoms with E-state index in [1.165, 1.54) is 23.0 Å². The Hall–Kier alpha value is -4.25. The molecule has 0 N–H and O–H groups in total. The van der Waals surface area contributed by atoms with Gasteiger partial charge >= 0.3 is 5.97 Å². The van der Waals surface area contributed by atoms with Crippen LogP contribution in [-0.2, 0) is 16.1 Å². The molecule has 4 aromatic rings. The molecule has 1 aliphatic heterocycles. The first-order valence-corrected chi connectivity index (χ1v) is 16.0. The van der Waals surface area contributed by atoms with Crippen molar-refractivity contribution in [3.63, 3.8) is 0 Å². The maximum atomic E-state index is 14.1. The lowest BCUT2D eigenvalue weighted by Crippen LogP contribution is -2.40. The fourth-order valence-corrected chi connectivity index (χ4v) is 6.59. The van der Waals surface area contributed by atoms with Crippen molar-refractivity contribution in [2.24, 2.45) is 4.99 Å². The van der Waals surface area contributed by atoms with E-state index in [-0.39, 0.29) is 24.3 Å². The number of aromatic nitrogens is 1. The third-order valence-corrected chi connectivity index (χ3v) is 8.79. The van der Waals surface area contributed by atoms with E-state index in [0.717, 1.165) is 5.56 Å². The molecular weight excluding hydrogens is 651 g/mol. The van der Waals surface area contributed by atoms with Gasteiger partial charge in [0.05, 0.1) is 43.2 Å². The highest BCUT2D eigenvalue weighted by atomic mass is 35.5. The van der Waals surface area contributed by atoms with Gasteiger partial charge in [0, 0.05) is 27.2 Å². The highest BCUT2D eigenvalue weighted by Gasteiger charge is 2.35. The van der Waals surface area contributed by atoms with E-state index < -0.39 is 12.0 Å². The van der Waals surface area contributed by atoms with Gasteiger partial charge in [0.1, 0.15) is 24.1 Å². The number of carbonyl (C=O) groups excluding carboxylic acids is 1. The van der Waals surface area contributed by atoms with Gasteiger partial charge in [-0.1, -0.05) is 46.7 Å². The highest BCUT2D eigenvalue weighted by Crippen LogP contribution is 2.38. The van der Waals surface area contributed by atoms with Crippen molar-refractivity contribution in [1.82, 2.24) is 4.57 Å². The van der Waals surface area contributed by atoms with Crippen LogP contribution in [0.25, 0.3) is 6.08 Å². The Kier molecular flexibility index (Phi) is 10.4. The van der Waals surface area contributed by atoms with Crippen LogP contribution in [0.4, 0.5) is 0 Å². The molecule has 9 nitrogen and oxygen atoms in total. The van der Waals surface area contributed by atoms with Crippen LogP contribution in [0.5, 0.6) is 23.0 Å². The largest absolute Gasteiger partial charge is 0.497 e. The molecule has 0 spiro atoms. The molecule has 1 aromatic heterocycles. The predicted octanol–water partition coefficient (Wildman–Crippen LogP) is 6.10. The van der Waals surface area contributed by atoms with Crippen molar-refractivity contribution >= 4 is 46.6 Å².